The van der Waals surface area contributed by atoms with E-state index >= 15 is 0 Å². The molecule has 16 heavy (non-hydrogen) atoms. The highest BCUT2D eigenvalue weighted by Gasteiger charge is 2.32. The minimum Gasteiger partial charge on any atom is -0.271 e. The highest BCUT2D eigenvalue weighted by Crippen LogP contribution is 2.37. The summed E-state index contributed by atoms with van der Waals surface area (Å²) in [6, 6.07) is 0.528. The van der Waals surface area contributed by atoms with Gasteiger partial charge in [0.15, 0.2) is 0 Å². The minimum atomic E-state index is 0.528. The SMILES string of the molecule is CCC(CC)C(NN)C1CC(C)CC(C)C1. The van der Waals surface area contributed by atoms with Gasteiger partial charge in [-0.15, -0.1) is 0 Å². The molecule has 96 valence electrons. The van der Waals surface area contributed by atoms with Crippen molar-refractivity contribution in [3.05, 3.63) is 0 Å². The van der Waals surface area contributed by atoms with Crippen LogP contribution in [-0.4, -0.2) is 6.04 Å². The van der Waals surface area contributed by atoms with E-state index in [9.17, 15) is 0 Å². The summed E-state index contributed by atoms with van der Waals surface area (Å²) in [5, 5.41) is 0. The van der Waals surface area contributed by atoms with Crippen LogP contribution in [0.4, 0.5) is 0 Å². The van der Waals surface area contributed by atoms with Crippen molar-refractivity contribution in [2.24, 2.45) is 29.5 Å². The molecule has 1 fully saturated rings. The van der Waals surface area contributed by atoms with Crippen molar-refractivity contribution in [1.29, 1.82) is 0 Å². The van der Waals surface area contributed by atoms with Gasteiger partial charge in [0.2, 0.25) is 0 Å². The Morgan fingerprint density at radius 2 is 1.56 bits per heavy atom. The first-order chi connectivity index (χ1) is 7.62. The van der Waals surface area contributed by atoms with Crippen LogP contribution < -0.4 is 11.3 Å². The molecule has 0 aliphatic heterocycles. The predicted octanol–water partition coefficient (Wildman–Crippen LogP) is 3.33. The molecule has 1 saturated carbocycles. The van der Waals surface area contributed by atoms with Gasteiger partial charge in [-0.05, 0) is 42.9 Å². The minimum absolute atomic E-state index is 0.528. The fourth-order valence-electron chi connectivity index (χ4n) is 3.76. The topological polar surface area (TPSA) is 38.0 Å². The zero-order valence-corrected chi connectivity index (χ0v) is 11.5. The highest BCUT2D eigenvalue weighted by atomic mass is 15.2. The van der Waals surface area contributed by atoms with E-state index in [0.29, 0.717) is 6.04 Å². The molecule has 0 heterocycles. The first kappa shape index (κ1) is 14.0. The van der Waals surface area contributed by atoms with Crippen molar-refractivity contribution in [2.45, 2.75) is 65.8 Å². The van der Waals surface area contributed by atoms with Gasteiger partial charge in [0.25, 0.3) is 0 Å². The lowest BCUT2D eigenvalue weighted by Gasteiger charge is -2.39. The molecular weight excluding hydrogens is 196 g/mol. The van der Waals surface area contributed by atoms with Crippen molar-refractivity contribution in [2.75, 3.05) is 0 Å². The smallest absolute Gasteiger partial charge is 0.0266 e. The van der Waals surface area contributed by atoms with E-state index in [1.807, 2.05) is 0 Å². The lowest BCUT2D eigenvalue weighted by Crippen LogP contribution is -2.47. The molecule has 0 aromatic carbocycles. The molecule has 0 aromatic rings. The Kier molecular flexibility index (Phi) is 5.77. The molecule has 3 atom stereocenters. The Labute approximate surface area is 101 Å². The second-order valence-electron chi connectivity index (χ2n) is 5.95. The van der Waals surface area contributed by atoms with Crippen LogP contribution in [0.25, 0.3) is 0 Å². The molecule has 1 aliphatic carbocycles. The van der Waals surface area contributed by atoms with Gasteiger partial charge >= 0.3 is 0 Å². The van der Waals surface area contributed by atoms with Crippen LogP contribution in [0, 0.1) is 23.7 Å². The molecular formula is C14H30N2. The molecule has 3 N–H and O–H groups in total. The fourth-order valence-corrected chi connectivity index (χ4v) is 3.76. The zero-order valence-electron chi connectivity index (χ0n) is 11.5. The van der Waals surface area contributed by atoms with Crippen LogP contribution >= 0.6 is 0 Å². The van der Waals surface area contributed by atoms with Crippen molar-refractivity contribution >= 4 is 0 Å². The summed E-state index contributed by atoms with van der Waals surface area (Å²) < 4.78 is 0. The molecule has 0 bridgehead atoms. The van der Waals surface area contributed by atoms with Gasteiger partial charge in [-0.1, -0.05) is 40.5 Å². The summed E-state index contributed by atoms with van der Waals surface area (Å²) in [5.74, 6) is 9.07. The summed E-state index contributed by atoms with van der Waals surface area (Å²) in [7, 11) is 0. The average molecular weight is 226 g/mol. The van der Waals surface area contributed by atoms with Crippen molar-refractivity contribution in [3.8, 4) is 0 Å². The van der Waals surface area contributed by atoms with Crippen molar-refractivity contribution in [1.82, 2.24) is 5.43 Å². The van der Waals surface area contributed by atoms with Gasteiger partial charge in [0, 0.05) is 6.04 Å². The van der Waals surface area contributed by atoms with Crippen LogP contribution in [0.1, 0.15) is 59.8 Å². The van der Waals surface area contributed by atoms with Crippen LogP contribution in [0.3, 0.4) is 0 Å². The summed E-state index contributed by atoms with van der Waals surface area (Å²) in [5.41, 5.74) is 3.11. The molecule has 0 spiro atoms. The Balaban J connectivity index is 2.63. The fraction of sp³-hybridized carbons (Fsp3) is 1.00. The molecule has 0 amide bonds. The molecule has 1 rings (SSSR count). The van der Waals surface area contributed by atoms with Crippen molar-refractivity contribution in [3.63, 3.8) is 0 Å². The maximum absolute atomic E-state index is 5.80. The molecule has 0 saturated heterocycles. The van der Waals surface area contributed by atoms with Crippen LogP contribution in [0.5, 0.6) is 0 Å². The number of hydrazine groups is 1. The molecule has 2 nitrogen and oxygen atoms in total. The van der Waals surface area contributed by atoms with E-state index in [4.69, 9.17) is 5.84 Å². The Hall–Kier alpha value is -0.0800. The lowest BCUT2D eigenvalue weighted by molar-refractivity contribution is 0.139. The summed E-state index contributed by atoms with van der Waals surface area (Å²) in [6.07, 6.45) is 6.59. The number of rotatable bonds is 5. The van der Waals surface area contributed by atoms with Crippen LogP contribution in [0.15, 0.2) is 0 Å². The van der Waals surface area contributed by atoms with Gasteiger partial charge in [0.05, 0.1) is 0 Å². The second kappa shape index (κ2) is 6.61. The number of hydrogen-bond acceptors (Lipinski definition) is 2. The lowest BCUT2D eigenvalue weighted by atomic mass is 9.70. The Morgan fingerprint density at radius 1 is 1.06 bits per heavy atom. The predicted molar refractivity (Wildman–Crippen MR) is 70.9 cm³/mol. The quantitative estimate of drug-likeness (QED) is 0.557. The van der Waals surface area contributed by atoms with E-state index in [0.717, 1.165) is 23.7 Å². The third-order valence-corrected chi connectivity index (χ3v) is 4.47. The maximum atomic E-state index is 5.80. The summed E-state index contributed by atoms with van der Waals surface area (Å²) >= 11 is 0. The number of nitrogens with one attached hydrogen (secondary N) is 1. The molecule has 1 aliphatic rings. The normalized spacial score (nSPS) is 33.0. The van der Waals surface area contributed by atoms with E-state index in [1.54, 1.807) is 0 Å². The van der Waals surface area contributed by atoms with Crippen LogP contribution in [-0.2, 0) is 0 Å². The third-order valence-electron chi connectivity index (χ3n) is 4.47. The van der Waals surface area contributed by atoms with Gasteiger partial charge in [0.1, 0.15) is 0 Å². The molecule has 2 heteroatoms. The third kappa shape index (κ3) is 3.46. The van der Waals surface area contributed by atoms with Gasteiger partial charge in [-0.2, -0.15) is 0 Å². The Morgan fingerprint density at radius 3 is 1.94 bits per heavy atom. The average Bonchev–Trinajstić information content (AvgIpc) is 2.24. The van der Waals surface area contributed by atoms with E-state index in [-0.39, 0.29) is 0 Å². The first-order valence-electron chi connectivity index (χ1n) is 7.08. The molecule has 0 aromatic heterocycles. The Bertz CT molecular complexity index is 179. The maximum Gasteiger partial charge on any atom is 0.0266 e. The second-order valence-corrected chi connectivity index (χ2v) is 5.95. The highest BCUT2D eigenvalue weighted by molar-refractivity contribution is 4.86. The number of hydrogen-bond donors (Lipinski definition) is 2. The van der Waals surface area contributed by atoms with Crippen molar-refractivity contribution < 1.29 is 0 Å². The van der Waals surface area contributed by atoms with Gasteiger partial charge in [-0.3, -0.25) is 11.3 Å². The summed E-state index contributed by atoms with van der Waals surface area (Å²) in [4.78, 5) is 0. The van der Waals surface area contributed by atoms with E-state index in [1.165, 1.54) is 32.1 Å². The first-order valence-corrected chi connectivity index (χ1v) is 7.08. The van der Waals surface area contributed by atoms with Gasteiger partial charge in [-0.25, -0.2) is 0 Å². The molecule has 0 radical (unpaired) electrons. The van der Waals surface area contributed by atoms with Gasteiger partial charge < -0.3 is 0 Å². The monoisotopic (exact) mass is 226 g/mol. The van der Waals surface area contributed by atoms with E-state index in [2.05, 4.69) is 33.1 Å². The standard InChI is InChI=1S/C14H30N2/c1-5-12(6-2)14(16-15)13-8-10(3)7-11(4)9-13/h10-14,16H,5-9,15H2,1-4H3. The molecule has 3 unspecified atom stereocenters. The van der Waals surface area contributed by atoms with E-state index < -0.39 is 0 Å². The number of nitrogens with two attached hydrogens (primary N) is 1. The summed E-state index contributed by atoms with van der Waals surface area (Å²) in [6.45, 7) is 9.36. The zero-order chi connectivity index (χ0) is 12.1. The largest absolute Gasteiger partial charge is 0.271 e. The van der Waals surface area contributed by atoms with Crippen LogP contribution in [0.2, 0.25) is 0 Å².